The van der Waals surface area contributed by atoms with Crippen molar-refractivity contribution < 1.29 is 26.9 Å². The SMILES string of the molecule is Cc1nc(COc2ccccc2C(=O)N2CCN(S(=O)(=O)c3cccc(F)c3)CC2)no1. The van der Waals surface area contributed by atoms with Crippen LogP contribution in [0.2, 0.25) is 0 Å². The zero-order valence-electron chi connectivity index (χ0n) is 17.3. The zero-order chi connectivity index (χ0) is 22.7. The summed E-state index contributed by atoms with van der Waals surface area (Å²) < 4.78 is 50.9. The van der Waals surface area contributed by atoms with Crippen LogP contribution in [0.5, 0.6) is 5.75 Å². The Bertz CT molecular complexity index is 1220. The number of para-hydroxylation sites is 1. The van der Waals surface area contributed by atoms with Crippen molar-refractivity contribution >= 4 is 15.9 Å². The van der Waals surface area contributed by atoms with E-state index in [1.54, 1.807) is 36.1 Å². The van der Waals surface area contributed by atoms with Crippen molar-refractivity contribution in [3.63, 3.8) is 0 Å². The molecule has 2 aromatic carbocycles. The van der Waals surface area contributed by atoms with Crippen LogP contribution >= 0.6 is 0 Å². The molecule has 32 heavy (non-hydrogen) atoms. The number of carbonyl (C=O) groups excluding carboxylic acids is 1. The molecule has 0 N–H and O–H groups in total. The van der Waals surface area contributed by atoms with E-state index in [4.69, 9.17) is 9.26 Å². The summed E-state index contributed by atoms with van der Waals surface area (Å²) in [5, 5.41) is 3.76. The van der Waals surface area contributed by atoms with E-state index in [1.807, 2.05) is 0 Å². The first-order valence-electron chi connectivity index (χ1n) is 9.90. The minimum Gasteiger partial charge on any atom is -0.485 e. The lowest BCUT2D eigenvalue weighted by Crippen LogP contribution is -2.50. The van der Waals surface area contributed by atoms with Crippen LogP contribution in [0, 0.1) is 12.7 Å². The molecule has 2 heterocycles. The van der Waals surface area contributed by atoms with Crippen molar-refractivity contribution in [1.82, 2.24) is 19.3 Å². The highest BCUT2D eigenvalue weighted by Gasteiger charge is 2.31. The highest BCUT2D eigenvalue weighted by Crippen LogP contribution is 2.23. The van der Waals surface area contributed by atoms with Gasteiger partial charge in [0, 0.05) is 33.1 Å². The summed E-state index contributed by atoms with van der Waals surface area (Å²) >= 11 is 0. The van der Waals surface area contributed by atoms with Gasteiger partial charge in [0.1, 0.15) is 11.6 Å². The van der Waals surface area contributed by atoms with Crippen molar-refractivity contribution in [2.75, 3.05) is 26.2 Å². The van der Waals surface area contributed by atoms with Gasteiger partial charge >= 0.3 is 0 Å². The topological polar surface area (TPSA) is 106 Å². The number of rotatable bonds is 6. The molecule has 1 aliphatic heterocycles. The minimum atomic E-state index is -3.84. The molecule has 11 heteroatoms. The lowest BCUT2D eigenvalue weighted by molar-refractivity contribution is 0.0693. The fourth-order valence-electron chi connectivity index (χ4n) is 3.39. The number of carbonyl (C=O) groups is 1. The third kappa shape index (κ3) is 4.63. The monoisotopic (exact) mass is 460 g/mol. The predicted molar refractivity (Wildman–Crippen MR) is 111 cm³/mol. The van der Waals surface area contributed by atoms with Crippen LogP contribution in [0.25, 0.3) is 0 Å². The lowest BCUT2D eigenvalue weighted by Gasteiger charge is -2.34. The zero-order valence-corrected chi connectivity index (χ0v) is 18.1. The Hall–Kier alpha value is -3.31. The molecule has 0 unspecified atom stereocenters. The number of aromatic nitrogens is 2. The third-order valence-corrected chi connectivity index (χ3v) is 6.90. The number of halogens is 1. The second-order valence-corrected chi connectivity index (χ2v) is 9.11. The molecule has 0 radical (unpaired) electrons. The summed E-state index contributed by atoms with van der Waals surface area (Å²) in [6.07, 6.45) is 0. The van der Waals surface area contributed by atoms with Crippen molar-refractivity contribution in [2.45, 2.75) is 18.4 Å². The minimum absolute atomic E-state index is 0.0429. The number of amides is 1. The summed E-state index contributed by atoms with van der Waals surface area (Å²) in [7, 11) is -3.84. The second kappa shape index (κ2) is 9.05. The number of benzene rings is 2. The van der Waals surface area contributed by atoms with Crippen LogP contribution in [-0.2, 0) is 16.6 Å². The van der Waals surface area contributed by atoms with E-state index < -0.39 is 15.8 Å². The molecule has 9 nitrogen and oxygen atoms in total. The third-order valence-electron chi connectivity index (χ3n) is 5.00. The number of nitrogens with zero attached hydrogens (tertiary/aromatic N) is 4. The van der Waals surface area contributed by atoms with E-state index in [2.05, 4.69) is 10.1 Å². The van der Waals surface area contributed by atoms with E-state index in [-0.39, 0.29) is 43.6 Å². The van der Waals surface area contributed by atoms with Gasteiger partial charge in [0.2, 0.25) is 21.7 Å². The first-order valence-corrected chi connectivity index (χ1v) is 11.3. The summed E-state index contributed by atoms with van der Waals surface area (Å²) in [4.78, 5) is 18.6. The highest BCUT2D eigenvalue weighted by molar-refractivity contribution is 7.89. The molecular formula is C21H21FN4O5S. The Balaban J connectivity index is 1.42. The molecule has 1 amide bonds. The number of ether oxygens (including phenoxy) is 1. The van der Waals surface area contributed by atoms with Gasteiger partial charge in [-0.25, -0.2) is 12.8 Å². The van der Waals surface area contributed by atoms with Crippen molar-refractivity contribution in [3.05, 3.63) is 71.6 Å². The molecule has 3 aromatic rings. The fraction of sp³-hybridized carbons (Fsp3) is 0.286. The Morgan fingerprint density at radius 3 is 2.56 bits per heavy atom. The standard InChI is InChI=1S/C21H21FN4O5S/c1-15-23-20(24-31-15)14-30-19-8-3-2-7-18(19)21(27)25-9-11-26(12-10-25)32(28,29)17-6-4-5-16(22)13-17/h2-8,13H,9-12,14H2,1H3. The molecule has 0 atom stereocenters. The Labute approximate surface area is 184 Å². The Kier molecular flexibility index (Phi) is 6.19. The molecule has 1 aliphatic rings. The average Bonchev–Trinajstić information content (AvgIpc) is 3.22. The summed E-state index contributed by atoms with van der Waals surface area (Å²) in [5.74, 6) is 0.259. The summed E-state index contributed by atoms with van der Waals surface area (Å²) in [6.45, 7) is 2.33. The van der Waals surface area contributed by atoms with Gasteiger partial charge in [-0.3, -0.25) is 4.79 Å². The molecule has 1 fully saturated rings. The van der Waals surface area contributed by atoms with Crippen molar-refractivity contribution in [2.24, 2.45) is 0 Å². The van der Waals surface area contributed by atoms with Crippen molar-refractivity contribution in [3.8, 4) is 5.75 Å². The van der Waals surface area contributed by atoms with Gasteiger partial charge in [-0.2, -0.15) is 9.29 Å². The molecule has 1 aromatic heterocycles. The largest absolute Gasteiger partial charge is 0.485 e. The Morgan fingerprint density at radius 1 is 1.12 bits per heavy atom. The average molecular weight is 460 g/mol. The van der Waals surface area contributed by atoms with E-state index in [0.717, 1.165) is 6.07 Å². The summed E-state index contributed by atoms with van der Waals surface area (Å²) in [5.41, 5.74) is 0.356. The second-order valence-electron chi connectivity index (χ2n) is 7.17. The molecule has 0 bridgehead atoms. The van der Waals surface area contributed by atoms with Crippen molar-refractivity contribution in [1.29, 1.82) is 0 Å². The summed E-state index contributed by atoms with van der Waals surface area (Å²) in [6, 6.07) is 11.7. The van der Waals surface area contributed by atoms with E-state index >= 15 is 0 Å². The quantitative estimate of drug-likeness (QED) is 0.555. The van der Waals surface area contributed by atoms with E-state index in [0.29, 0.717) is 23.0 Å². The van der Waals surface area contributed by atoms with Gasteiger partial charge in [0.05, 0.1) is 10.5 Å². The van der Waals surface area contributed by atoms with Gasteiger partial charge in [0.25, 0.3) is 5.91 Å². The van der Waals surface area contributed by atoms with Crippen LogP contribution in [0.3, 0.4) is 0 Å². The normalized spacial score (nSPS) is 15.0. The molecular weight excluding hydrogens is 439 g/mol. The predicted octanol–water partition coefficient (Wildman–Crippen LogP) is 2.24. The molecule has 168 valence electrons. The first kappa shape index (κ1) is 21.9. The number of sulfonamides is 1. The van der Waals surface area contributed by atoms with Gasteiger partial charge < -0.3 is 14.2 Å². The molecule has 0 aliphatic carbocycles. The van der Waals surface area contributed by atoms with Crippen LogP contribution in [0.15, 0.2) is 57.9 Å². The van der Waals surface area contributed by atoms with Gasteiger partial charge in [-0.15, -0.1) is 0 Å². The maximum atomic E-state index is 13.5. The number of piperazine rings is 1. The highest BCUT2D eigenvalue weighted by atomic mass is 32.2. The number of aryl methyl sites for hydroxylation is 1. The van der Waals surface area contributed by atoms with E-state index in [9.17, 15) is 17.6 Å². The molecule has 0 spiro atoms. The Morgan fingerprint density at radius 2 is 1.88 bits per heavy atom. The molecule has 0 saturated carbocycles. The van der Waals surface area contributed by atoms with Gasteiger partial charge in [-0.1, -0.05) is 23.4 Å². The lowest BCUT2D eigenvalue weighted by atomic mass is 10.1. The first-order chi connectivity index (χ1) is 15.3. The van der Waals surface area contributed by atoms with Crippen LogP contribution in [0.1, 0.15) is 22.1 Å². The molecule has 1 saturated heterocycles. The van der Waals surface area contributed by atoms with E-state index in [1.165, 1.54) is 22.5 Å². The van der Waals surface area contributed by atoms with Gasteiger partial charge in [0.15, 0.2) is 6.61 Å². The van der Waals surface area contributed by atoms with Crippen LogP contribution in [-0.4, -0.2) is 59.8 Å². The van der Waals surface area contributed by atoms with Gasteiger partial charge in [-0.05, 0) is 30.3 Å². The molecule has 4 rings (SSSR count). The van der Waals surface area contributed by atoms with Crippen LogP contribution in [0.4, 0.5) is 4.39 Å². The number of hydrogen-bond donors (Lipinski definition) is 0. The number of hydrogen-bond acceptors (Lipinski definition) is 7. The maximum Gasteiger partial charge on any atom is 0.257 e. The fourth-order valence-corrected chi connectivity index (χ4v) is 4.84. The maximum absolute atomic E-state index is 13.5. The van der Waals surface area contributed by atoms with Crippen LogP contribution < -0.4 is 4.74 Å². The smallest absolute Gasteiger partial charge is 0.257 e.